The molecule has 0 aromatic heterocycles. The summed E-state index contributed by atoms with van der Waals surface area (Å²) in [5.41, 5.74) is 0.543. The summed E-state index contributed by atoms with van der Waals surface area (Å²) in [5, 5.41) is 0.521. The zero-order chi connectivity index (χ0) is 7.98. The second kappa shape index (κ2) is 5.93. The minimum atomic E-state index is -0.241. The summed E-state index contributed by atoms with van der Waals surface area (Å²) in [6, 6.07) is 0. The van der Waals surface area contributed by atoms with Crippen LogP contribution in [0.2, 0.25) is 0 Å². The molecule has 0 rings (SSSR count). The van der Waals surface area contributed by atoms with Crippen LogP contribution in [0.5, 0.6) is 0 Å². The molecule has 0 atom stereocenters. The second-order valence-electron chi connectivity index (χ2n) is 1.65. The first-order valence-electron chi connectivity index (χ1n) is 2.89. The zero-order valence-corrected chi connectivity index (χ0v) is 8.04. The predicted octanol–water partition coefficient (Wildman–Crippen LogP) is 3.42. The van der Waals surface area contributed by atoms with Crippen LogP contribution in [0.25, 0.3) is 0 Å². The van der Waals surface area contributed by atoms with E-state index in [-0.39, 0.29) is 11.7 Å². The van der Waals surface area contributed by atoms with Crippen molar-refractivity contribution in [2.45, 2.75) is 6.92 Å². The van der Waals surface area contributed by atoms with Gasteiger partial charge in [-0.2, -0.15) is 0 Å². The summed E-state index contributed by atoms with van der Waals surface area (Å²) in [6.45, 7) is 1.76. The Morgan fingerprint density at radius 2 is 2.30 bits per heavy atom. The minimum Gasteiger partial charge on any atom is -0.207 e. The van der Waals surface area contributed by atoms with Crippen molar-refractivity contribution < 1.29 is 4.39 Å². The van der Waals surface area contributed by atoms with Gasteiger partial charge in [-0.3, -0.25) is 0 Å². The summed E-state index contributed by atoms with van der Waals surface area (Å²) < 4.78 is 12.7. The van der Waals surface area contributed by atoms with E-state index in [0.717, 1.165) is 0 Å². The molecule has 0 fully saturated rings. The van der Waals surface area contributed by atoms with Crippen LogP contribution < -0.4 is 0 Å². The molecule has 0 aliphatic heterocycles. The number of alkyl halides is 2. The van der Waals surface area contributed by atoms with Gasteiger partial charge in [0.05, 0.1) is 0 Å². The van der Waals surface area contributed by atoms with Crippen LogP contribution in [0, 0.1) is 0 Å². The number of hydrogen-bond donors (Lipinski definition) is 0. The Bertz CT molecular complexity index is 152. The van der Waals surface area contributed by atoms with Gasteiger partial charge in [-0.15, -0.1) is 11.6 Å². The molecule has 0 aliphatic rings. The normalized spacial score (nSPS) is 14.0. The number of rotatable bonds is 3. The van der Waals surface area contributed by atoms with Gasteiger partial charge in [0.15, 0.2) is 0 Å². The van der Waals surface area contributed by atoms with Gasteiger partial charge in [0, 0.05) is 11.2 Å². The van der Waals surface area contributed by atoms with E-state index in [9.17, 15) is 4.39 Å². The molecule has 0 radical (unpaired) electrons. The Kier molecular flexibility index (Phi) is 6.03. The van der Waals surface area contributed by atoms with E-state index in [0.29, 0.717) is 10.9 Å². The number of allylic oxidation sites excluding steroid dienone is 4. The smallest absolute Gasteiger partial charge is 0.124 e. The van der Waals surface area contributed by atoms with Crippen molar-refractivity contribution in [3.8, 4) is 0 Å². The quantitative estimate of drug-likeness (QED) is 0.512. The third kappa shape index (κ3) is 3.37. The first-order chi connectivity index (χ1) is 4.76. The van der Waals surface area contributed by atoms with Crippen LogP contribution in [0.15, 0.2) is 23.6 Å². The van der Waals surface area contributed by atoms with Gasteiger partial charge in [-0.25, -0.2) is 4.39 Å². The lowest BCUT2D eigenvalue weighted by atomic mass is 10.2. The van der Waals surface area contributed by atoms with E-state index < -0.39 is 0 Å². The van der Waals surface area contributed by atoms with Crippen LogP contribution in [0.3, 0.4) is 0 Å². The van der Waals surface area contributed by atoms with Crippen molar-refractivity contribution in [2.75, 3.05) is 11.2 Å². The molecule has 0 unspecified atom stereocenters. The summed E-state index contributed by atoms with van der Waals surface area (Å²) >= 11 is 8.52. The maximum Gasteiger partial charge on any atom is 0.124 e. The maximum absolute atomic E-state index is 12.7. The molecule has 0 heterocycles. The van der Waals surface area contributed by atoms with E-state index in [1.54, 1.807) is 13.0 Å². The average Bonchev–Trinajstić information content (AvgIpc) is 1.91. The van der Waals surface area contributed by atoms with Gasteiger partial charge in [0.1, 0.15) is 5.83 Å². The fraction of sp³-hybridized carbons (Fsp3) is 0.429. The lowest BCUT2D eigenvalue weighted by Gasteiger charge is -1.96. The molecular weight excluding hydrogens is 218 g/mol. The SMILES string of the molecule is C/C=C(CCl)\C(F)=C/CBr. The van der Waals surface area contributed by atoms with Crippen LogP contribution in [-0.4, -0.2) is 11.2 Å². The van der Waals surface area contributed by atoms with Gasteiger partial charge < -0.3 is 0 Å². The van der Waals surface area contributed by atoms with Crippen molar-refractivity contribution in [1.82, 2.24) is 0 Å². The molecule has 0 N–H and O–H groups in total. The van der Waals surface area contributed by atoms with Crippen molar-refractivity contribution in [2.24, 2.45) is 0 Å². The van der Waals surface area contributed by atoms with Crippen molar-refractivity contribution in [1.29, 1.82) is 0 Å². The minimum absolute atomic E-state index is 0.228. The molecule has 10 heavy (non-hydrogen) atoms. The van der Waals surface area contributed by atoms with E-state index in [2.05, 4.69) is 15.9 Å². The Morgan fingerprint density at radius 1 is 1.70 bits per heavy atom. The standard InChI is InChI=1S/C7H9BrClF/c1-2-6(5-9)7(10)3-4-8/h2-3H,4-5H2,1H3/b6-2-,7-3+. The Labute approximate surface area is 73.9 Å². The summed E-state index contributed by atoms with van der Waals surface area (Å²) in [4.78, 5) is 0. The molecule has 0 nitrogen and oxygen atoms in total. The molecule has 3 heteroatoms. The Balaban J connectivity index is 4.16. The van der Waals surface area contributed by atoms with Gasteiger partial charge in [-0.05, 0) is 18.6 Å². The van der Waals surface area contributed by atoms with E-state index in [1.165, 1.54) is 6.08 Å². The number of hydrogen-bond acceptors (Lipinski definition) is 0. The summed E-state index contributed by atoms with van der Waals surface area (Å²) in [5.74, 6) is -0.0133. The first kappa shape index (κ1) is 10.2. The van der Waals surface area contributed by atoms with E-state index in [4.69, 9.17) is 11.6 Å². The highest BCUT2D eigenvalue weighted by molar-refractivity contribution is 9.09. The molecule has 0 spiro atoms. The molecule has 0 aromatic carbocycles. The van der Waals surface area contributed by atoms with Gasteiger partial charge in [0.25, 0.3) is 0 Å². The van der Waals surface area contributed by atoms with E-state index in [1.807, 2.05) is 0 Å². The third-order valence-electron chi connectivity index (χ3n) is 1.06. The topological polar surface area (TPSA) is 0 Å². The van der Waals surface area contributed by atoms with Crippen LogP contribution >= 0.6 is 27.5 Å². The van der Waals surface area contributed by atoms with Crippen molar-refractivity contribution in [3.05, 3.63) is 23.6 Å². The highest BCUT2D eigenvalue weighted by Crippen LogP contribution is 2.12. The molecule has 0 saturated carbocycles. The van der Waals surface area contributed by atoms with Crippen LogP contribution in [0.1, 0.15) is 6.92 Å². The Morgan fingerprint density at radius 3 is 2.60 bits per heavy atom. The van der Waals surface area contributed by atoms with Crippen LogP contribution in [0.4, 0.5) is 4.39 Å². The van der Waals surface area contributed by atoms with Gasteiger partial charge in [0.2, 0.25) is 0 Å². The molecule has 0 amide bonds. The second-order valence-corrected chi connectivity index (χ2v) is 2.57. The fourth-order valence-electron chi connectivity index (χ4n) is 0.478. The Hall–Kier alpha value is 0.180. The van der Waals surface area contributed by atoms with Crippen molar-refractivity contribution >= 4 is 27.5 Å². The predicted molar refractivity (Wildman–Crippen MR) is 47.5 cm³/mol. The highest BCUT2D eigenvalue weighted by Gasteiger charge is 1.98. The average molecular weight is 228 g/mol. The fourth-order valence-corrected chi connectivity index (χ4v) is 1.04. The van der Waals surface area contributed by atoms with Crippen LogP contribution in [-0.2, 0) is 0 Å². The van der Waals surface area contributed by atoms with E-state index >= 15 is 0 Å². The first-order valence-corrected chi connectivity index (χ1v) is 4.55. The molecule has 0 saturated heterocycles. The van der Waals surface area contributed by atoms with Gasteiger partial charge >= 0.3 is 0 Å². The molecule has 0 bridgehead atoms. The summed E-state index contributed by atoms with van der Waals surface area (Å²) in [6.07, 6.45) is 3.11. The third-order valence-corrected chi connectivity index (χ3v) is 1.67. The molecular formula is C7H9BrClF. The highest BCUT2D eigenvalue weighted by atomic mass is 79.9. The molecule has 58 valence electrons. The summed E-state index contributed by atoms with van der Waals surface area (Å²) in [7, 11) is 0. The van der Waals surface area contributed by atoms with Gasteiger partial charge in [-0.1, -0.05) is 22.0 Å². The zero-order valence-electron chi connectivity index (χ0n) is 5.70. The maximum atomic E-state index is 12.7. The number of halogens is 3. The lowest BCUT2D eigenvalue weighted by molar-refractivity contribution is 0.650. The monoisotopic (exact) mass is 226 g/mol. The van der Waals surface area contributed by atoms with Crippen molar-refractivity contribution in [3.63, 3.8) is 0 Å². The molecule has 0 aliphatic carbocycles. The lowest BCUT2D eigenvalue weighted by Crippen LogP contribution is -1.85. The molecule has 0 aromatic rings. The largest absolute Gasteiger partial charge is 0.207 e.